The first kappa shape index (κ1) is 19.3. The highest BCUT2D eigenvalue weighted by Gasteiger charge is 2.28. The van der Waals surface area contributed by atoms with Gasteiger partial charge in [0.05, 0.1) is 5.69 Å². The summed E-state index contributed by atoms with van der Waals surface area (Å²) < 4.78 is 32.1. The zero-order valence-corrected chi connectivity index (χ0v) is 16.0. The number of carbonyl (C=O) groups is 1. The molecule has 1 aliphatic rings. The Morgan fingerprint density at radius 2 is 1.86 bits per heavy atom. The highest BCUT2D eigenvalue weighted by Crippen LogP contribution is 2.26. The van der Waals surface area contributed by atoms with Crippen LogP contribution >= 0.6 is 11.6 Å². The molecule has 1 fully saturated rings. The molecule has 0 bridgehead atoms. The third-order valence-electron chi connectivity index (χ3n) is 4.84. The summed E-state index contributed by atoms with van der Waals surface area (Å²) in [5.41, 5.74) is 0.767. The van der Waals surface area contributed by atoms with Gasteiger partial charge in [-0.1, -0.05) is 16.8 Å². The van der Waals surface area contributed by atoms with E-state index < -0.39 is 11.6 Å². The largest absolute Gasteiger partial charge is 0.324 e. The highest BCUT2D eigenvalue weighted by atomic mass is 35.5. The van der Waals surface area contributed by atoms with Crippen LogP contribution < -0.4 is 10.2 Å². The van der Waals surface area contributed by atoms with Crippen LogP contribution in [-0.2, 0) is 4.79 Å². The molecule has 9 heteroatoms. The molecule has 1 saturated heterocycles. The second-order valence-electron chi connectivity index (χ2n) is 6.78. The molecule has 1 aromatic heterocycles. The molecule has 2 heterocycles. The van der Waals surface area contributed by atoms with Crippen LogP contribution in [0.5, 0.6) is 0 Å². The number of nitrogens with one attached hydrogen (secondary N) is 1. The molecule has 0 atom stereocenters. The van der Waals surface area contributed by atoms with E-state index in [1.165, 1.54) is 6.07 Å². The van der Waals surface area contributed by atoms with Crippen molar-refractivity contribution in [1.29, 1.82) is 0 Å². The molecule has 150 valence electrons. The lowest BCUT2D eigenvalue weighted by molar-refractivity contribution is -0.120. The Morgan fingerprint density at radius 1 is 1.14 bits per heavy atom. The molecule has 1 N–H and O–H groups in total. The molecule has 0 saturated carbocycles. The monoisotopic (exact) mass is 418 g/mol. The zero-order valence-electron chi connectivity index (χ0n) is 15.2. The van der Waals surface area contributed by atoms with E-state index >= 15 is 0 Å². The molecule has 3 aromatic rings. The molecular formula is C20H17ClF2N4O2. The molecular weight excluding hydrogens is 402 g/mol. The van der Waals surface area contributed by atoms with E-state index in [9.17, 15) is 13.6 Å². The average Bonchev–Trinajstić information content (AvgIpc) is 3.21. The minimum Gasteiger partial charge on any atom is -0.324 e. The molecule has 6 nitrogen and oxygen atoms in total. The smallest absolute Gasteiger partial charge is 0.324 e. The van der Waals surface area contributed by atoms with Crippen molar-refractivity contribution in [2.45, 2.75) is 12.8 Å². The van der Waals surface area contributed by atoms with Crippen molar-refractivity contribution in [1.82, 2.24) is 10.1 Å². The van der Waals surface area contributed by atoms with Crippen LogP contribution in [0.15, 0.2) is 47.0 Å². The van der Waals surface area contributed by atoms with Gasteiger partial charge in [-0.05, 0) is 49.2 Å². The summed E-state index contributed by atoms with van der Waals surface area (Å²) in [5.74, 6) is -1.59. The lowest BCUT2D eigenvalue weighted by Crippen LogP contribution is -2.38. The number of hydrogen-bond acceptors (Lipinski definition) is 5. The van der Waals surface area contributed by atoms with E-state index in [-0.39, 0.29) is 17.5 Å². The van der Waals surface area contributed by atoms with Gasteiger partial charge < -0.3 is 14.7 Å². The third kappa shape index (κ3) is 4.37. The molecule has 1 aliphatic heterocycles. The predicted octanol–water partition coefficient (Wildman–Crippen LogP) is 4.52. The van der Waals surface area contributed by atoms with Crippen LogP contribution in [-0.4, -0.2) is 29.1 Å². The number of hydrogen-bond donors (Lipinski definition) is 1. The number of anilines is 2. The molecule has 1 amide bonds. The summed E-state index contributed by atoms with van der Waals surface area (Å²) in [4.78, 5) is 18.7. The Kier molecular flexibility index (Phi) is 5.44. The molecule has 29 heavy (non-hydrogen) atoms. The number of aromatic nitrogens is 2. The lowest BCUT2D eigenvalue weighted by Gasteiger charge is -2.29. The van der Waals surface area contributed by atoms with Gasteiger partial charge in [-0.25, -0.2) is 8.78 Å². The normalized spacial score (nSPS) is 14.8. The zero-order chi connectivity index (χ0) is 20.4. The summed E-state index contributed by atoms with van der Waals surface area (Å²) in [6.45, 7) is 1.10. The Labute approximate surface area is 170 Å². The molecule has 4 rings (SSSR count). The van der Waals surface area contributed by atoms with Crippen molar-refractivity contribution in [3.05, 3.63) is 59.1 Å². The molecule has 0 aliphatic carbocycles. The van der Waals surface area contributed by atoms with Gasteiger partial charge >= 0.3 is 6.01 Å². The maximum atomic E-state index is 13.7. The summed E-state index contributed by atoms with van der Waals surface area (Å²) >= 11 is 5.89. The van der Waals surface area contributed by atoms with Gasteiger partial charge in [0, 0.05) is 35.7 Å². The van der Waals surface area contributed by atoms with Gasteiger partial charge in [-0.2, -0.15) is 4.98 Å². The van der Waals surface area contributed by atoms with Crippen LogP contribution in [0.25, 0.3) is 11.4 Å². The van der Waals surface area contributed by atoms with Crippen LogP contribution in [0.3, 0.4) is 0 Å². The molecule has 2 aromatic carbocycles. The van der Waals surface area contributed by atoms with Crippen LogP contribution in [0.1, 0.15) is 12.8 Å². The topological polar surface area (TPSA) is 71.3 Å². The molecule has 0 unspecified atom stereocenters. The number of halogens is 3. The summed E-state index contributed by atoms with van der Waals surface area (Å²) in [6, 6.07) is 10.6. The van der Waals surface area contributed by atoms with E-state index in [0.717, 1.165) is 17.7 Å². The van der Waals surface area contributed by atoms with E-state index in [1.807, 2.05) is 17.0 Å². The number of nitrogens with zero attached hydrogens (tertiary/aromatic N) is 3. The Balaban J connectivity index is 1.35. The SMILES string of the molecule is O=C(Nc1ccc(F)cc1F)C1CCN(c2nc(-c3ccc(Cl)cc3)no2)CC1. The first-order valence-corrected chi connectivity index (χ1v) is 9.48. The first-order chi connectivity index (χ1) is 14.0. The number of piperidine rings is 1. The summed E-state index contributed by atoms with van der Waals surface area (Å²) in [7, 11) is 0. The fourth-order valence-corrected chi connectivity index (χ4v) is 3.34. The number of amides is 1. The van der Waals surface area contributed by atoms with E-state index in [2.05, 4.69) is 15.5 Å². The van der Waals surface area contributed by atoms with E-state index in [0.29, 0.717) is 42.8 Å². The number of carbonyl (C=O) groups excluding carboxylic acids is 1. The Morgan fingerprint density at radius 3 is 2.55 bits per heavy atom. The quantitative estimate of drug-likeness (QED) is 0.674. The van der Waals surface area contributed by atoms with Gasteiger partial charge in [0.15, 0.2) is 0 Å². The van der Waals surface area contributed by atoms with Gasteiger partial charge in [-0.15, -0.1) is 0 Å². The summed E-state index contributed by atoms with van der Waals surface area (Å²) in [5, 5.41) is 7.15. The standard InChI is InChI=1S/C20H17ClF2N4O2/c21-14-3-1-12(2-4-14)18-25-20(29-26-18)27-9-7-13(8-10-27)19(28)24-17-6-5-15(22)11-16(17)23/h1-6,11,13H,7-10H2,(H,24,28). The van der Waals surface area contributed by atoms with E-state index in [4.69, 9.17) is 16.1 Å². The van der Waals surface area contributed by atoms with Crippen molar-refractivity contribution in [2.24, 2.45) is 5.92 Å². The van der Waals surface area contributed by atoms with Crippen molar-refractivity contribution in [2.75, 3.05) is 23.3 Å². The molecule has 0 spiro atoms. The first-order valence-electron chi connectivity index (χ1n) is 9.10. The maximum absolute atomic E-state index is 13.7. The van der Waals surface area contributed by atoms with Crippen LogP contribution in [0, 0.1) is 17.6 Å². The van der Waals surface area contributed by atoms with Gasteiger partial charge in [0.25, 0.3) is 0 Å². The number of rotatable bonds is 4. The average molecular weight is 419 g/mol. The highest BCUT2D eigenvalue weighted by molar-refractivity contribution is 6.30. The van der Waals surface area contributed by atoms with Crippen LogP contribution in [0.4, 0.5) is 20.5 Å². The minimum atomic E-state index is -0.795. The minimum absolute atomic E-state index is 0.0247. The van der Waals surface area contributed by atoms with Crippen molar-refractivity contribution >= 4 is 29.2 Å². The second-order valence-corrected chi connectivity index (χ2v) is 7.22. The van der Waals surface area contributed by atoms with Crippen molar-refractivity contribution in [3.63, 3.8) is 0 Å². The second kappa shape index (κ2) is 8.16. The Hall–Kier alpha value is -3.00. The van der Waals surface area contributed by atoms with Gasteiger partial charge in [0.2, 0.25) is 11.7 Å². The predicted molar refractivity (Wildman–Crippen MR) is 105 cm³/mol. The fraction of sp³-hybridized carbons (Fsp3) is 0.250. The van der Waals surface area contributed by atoms with Gasteiger partial charge in [0.1, 0.15) is 11.6 Å². The fourth-order valence-electron chi connectivity index (χ4n) is 3.22. The van der Waals surface area contributed by atoms with Gasteiger partial charge in [-0.3, -0.25) is 4.79 Å². The third-order valence-corrected chi connectivity index (χ3v) is 5.09. The van der Waals surface area contributed by atoms with Crippen LogP contribution in [0.2, 0.25) is 5.02 Å². The van der Waals surface area contributed by atoms with Crippen molar-refractivity contribution < 1.29 is 18.1 Å². The maximum Gasteiger partial charge on any atom is 0.324 e. The molecule has 0 radical (unpaired) electrons. The Bertz CT molecular complexity index is 1020. The lowest BCUT2D eigenvalue weighted by atomic mass is 9.96. The number of benzene rings is 2. The van der Waals surface area contributed by atoms with E-state index in [1.54, 1.807) is 12.1 Å². The van der Waals surface area contributed by atoms with Crippen molar-refractivity contribution in [3.8, 4) is 11.4 Å². The summed E-state index contributed by atoms with van der Waals surface area (Å²) in [6.07, 6.45) is 1.10.